The Bertz CT molecular complexity index is 1500. The van der Waals surface area contributed by atoms with Gasteiger partial charge in [0.2, 0.25) is 0 Å². The molecule has 3 heterocycles. The minimum Gasteiger partial charge on any atom is -0.497 e. The number of rotatable bonds is 4. The van der Waals surface area contributed by atoms with Gasteiger partial charge in [-0.2, -0.15) is 0 Å². The molecule has 0 atom stereocenters. The predicted molar refractivity (Wildman–Crippen MR) is 138 cm³/mol. The number of nitrogens with zero attached hydrogens (tertiary/aromatic N) is 2. The van der Waals surface area contributed by atoms with E-state index in [0.717, 1.165) is 44.7 Å². The van der Waals surface area contributed by atoms with Crippen molar-refractivity contribution < 1.29 is 4.74 Å². The number of nitrogens with one attached hydrogen (secondary N) is 1. The maximum absolute atomic E-state index is 5.71. The maximum Gasteiger partial charge on any atom is 0.144 e. The van der Waals surface area contributed by atoms with Gasteiger partial charge in [-0.15, -0.1) is 17.8 Å². The first-order chi connectivity index (χ1) is 16.1. The van der Waals surface area contributed by atoms with Gasteiger partial charge in [-0.3, -0.25) is 4.40 Å². The van der Waals surface area contributed by atoms with Gasteiger partial charge in [0.15, 0.2) is 0 Å². The van der Waals surface area contributed by atoms with Crippen molar-refractivity contribution in [1.82, 2.24) is 9.38 Å². The van der Waals surface area contributed by atoms with Gasteiger partial charge in [0.05, 0.1) is 12.0 Å². The van der Waals surface area contributed by atoms with E-state index >= 15 is 0 Å². The monoisotopic (exact) mass is 449 g/mol. The standard InChI is InChI=1S/C22H19N3OS.C6H4/c1-5-16-9-10-27-21(16)20-22(23-17-7-6-8-18(13-17)26-4)25-15(3)11-14(2)12-19(25)24-20;1-2-5-4-6(5)3-1/h1,6-13,23H,2-4H3;1-4H. The molecule has 2 aliphatic carbocycles. The molecule has 0 saturated carbocycles. The van der Waals surface area contributed by atoms with E-state index in [1.165, 1.54) is 16.7 Å². The van der Waals surface area contributed by atoms with Crippen LogP contribution in [0.4, 0.5) is 11.5 Å². The van der Waals surface area contributed by atoms with Gasteiger partial charge < -0.3 is 10.1 Å². The van der Waals surface area contributed by atoms with Crippen molar-refractivity contribution in [2.45, 2.75) is 13.8 Å². The summed E-state index contributed by atoms with van der Waals surface area (Å²) in [4.78, 5) is 5.90. The number of hydrogen-bond acceptors (Lipinski definition) is 4. The van der Waals surface area contributed by atoms with Crippen LogP contribution in [0.1, 0.15) is 16.8 Å². The van der Waals surface area contributed by atoms with Crippen LogP contribution in [-0.2, 0) is 0 Å². The van der Waals surface area contributed by atoms with Crippen LogP contribution < -0.4 is 10.1 Å². The van der Waals surface area contributed by atoms with Gasteiger partial charge >= 0.3 is 0 Å². The number of aromatic nitrogens is 2. The van der Waals surface area contributed by atoms with Gasteiger partial charge in [0.25, 0.3) is 0 Å². The average molecular weight is 450 g/mol. The molecule has 2 aliphatic rings. The highest BCUT2D eigenvalue weighted by Crippen LogP contribution is 2.37. The summed E-state index contributed by atoms with van der Waals surface area (Å²) in [7, 11) is 1.66. The molecular weight excluding hydrogens is 426 g/mol. The van der Waals surface area contributed by atoms with Crippen molar-refractivity contribution in [3.63, 3.8) is 0 Å². The Hall–Kier alpha value is -4.01. The highest BCUT2D eigenvalue weighted by atomic mass is 32.1. The first-order valence-electron chi connectivity index (χ1n) is 10.6. The molecule has 4 nitrogen and oxygen atoms in total. The predicted octanol–water partition coefficient (Wildman–Crippen LogP) is 7.08. The second kappa shape index (κ2) is 8.50. The molecule has 162 valence electrons. The van der Waals surface area contributed by atoms with Crippen molar-refractivity contribution >= 4 is 28.5 Å². The van der Waals surface area contributed by atoms with Crippen LogP contribution in [0.25, 0.3) is 27.3 Å². The molecule has 1 aromatic carbocycles. The number of imidazole rings is 1. The van der Waals surface area contributed by atoms with Crippen LogP contribution in [0.3, 0.4) is 0 Å². The summed E-state index contributed by atoms with van der Waals surface area (Å²) in [5.74, 6) is 4.46. The fraction of sp³-hybridized carbons (Fsp3) is 0.107. The zero-order valence-corrected chi connectivity index (χ0v) is 19.5. The molecule has 0 bridgehead atoms. The lowest BCUT2D eigenvalue weighted by molar-refractivity contribution is 0.415. The summed E-state index contributed by atoms with van der Waals surface area (Å²) in [6, 6.07) is 22.5. The quantitative estimate of drug-likeness (QED) is 0.292. The third kappa shape index (κ3) is 4.09. The third-order valence-corrected chi connectivity index (χ3v) is 6.45. The van der Waals surface area contributed by atoms with Crippen LogP contribution in [0.15, 0.2) is 72.1 Å². The molecule has 0 fully saturated rings. The summed E-state index contributed by atoms with van der Waals surface area (Å²) in [6.07, 6.45) is 5.71. The van der Waals surface area contributed by atoms with Crippen LogP contribution in [0.2, 0.25) is 0 Å². The number of anilines is 2. The Balaban J connectivity index is 0.000000324. The SMILES string of the molecule is C#Cc1ccsc1-c1nc2cc(C)cc(C)n2c1Nc1cccc(OC)c1.c1cc2cc-2c1. The van der Waals surface area contributed by atoms with Gasteiger partial charge in [0.1, 0.15) is 22.9 Å². The van der Waals surface area contributed by atoms with E-state index in [2.05, 4.69) is 65.9 Å². The van der Waals surface area contributed by atoms with Crippen LogP contribution in [0.5, 0.6) is 5.75 Å². The largest absolute Gasteiger partial charge is 0.497 e. The number of thiophene rings is 1. The van der Waals surface area contributed by atoms with E-state index in [-0.39, 0.29) is 0 Å². The minimum atomic E-state index is 0.795. The zero-order valence-electron chi connectivity index (χ0n) is 18.7. The Morgan fingerprint density at radius 2 is 1.79 bits per heavy atom. The topological polar surface area (TPSA) is 38.6 Å². The molecule has 6 rings (SSSR count). The lowest BCUT2D eigenvalue weighted by Gasteiger charge is -2.12. The van der Waals surface area contributed by atoms with E-state index in [9.17, 15) is 0 Å². The smallest absolute Gasteiger partial charge is 0.144 e. The number of terminal acetylenes is 1. The fourth-order valence-electron chi connectivity index (χ4n) is 3.92. The van der Waals surface area contributed by atoms with Crippen molar-refractivity contribution in [1.29, 1.82) is 0 Å². The molecule has 0 saturated heterocycles. The number of aryl methyl sites for hydroxylation is 2. The second-order valence-electron chi connectivity index (χ2n) is 7.92. The van der Waals surface area contributed by atoms with Crippen LogP contribution in [0, 0.1) is 26.2 Å². The molecule has 0 radical (unpaired) electrons. The molecule has 0 amide bonds. The van der Waals surface area contributed by atoms with Gasteiger partial charge in [-0.05, 0) is 72.3 Å². The summed E-state index contributed by atoms with van der Waals surface area (Å²) in [5.41, 5.74) is 8.66. The summed E-state index contributed by atoms with van der Waals surface area (Å²) >= 11 is 1.60. The average Bonchev–Trinajstić information content (AvgIpc) is 3.17. The fourth-order valence-corrected chi connectivity index (χ4v) is 4.77. The molecular formula is C28H23N3OS. The molecule has 1 N–H and O–H groups in total. The molecule has 0 aliphatic heterocycles. The van der Waals surface area contributed by atoms with E-state index in [4.69, 9.17) is 16.1 Å². The molecule has 0 spiro atoms. The summed E-state index contributed by atoms with van der Waals surface area (Å²) in [6.45, 7) is 4.16. The number of pyridine rings is 1. The third-order valence-electron chi connectivity index (χ3n) is 5.53. The van der Waals surface area contributed by atoms with Crippen molar-refractivity contribution in [3.8, 4) is 39.8 Å². The normalized spacial score (nSPS) is 10.8. The number of methoxy groups -OCH3 is 1. The van der Waals surface area contributed by atoms with Crippen LogP contribution in [-0.4, -0.2) is 16.5 Å². The van der Waals surface area contributed by atoms with Gasteiger partial charge in [0, 0.05) is 23.0 Å². The van der Waals surface area contributed by atoms with Crippen molar-refractivity contribution in [2.24, 2.45) is 0 Å². The summed E-state index contributed by atoms with van der Waals surface area (Å²) < 4.78 is 7.48. The van der Waals surface area contributed by atoms with E-state index in [1.54, 1.807) is 18.4 Å². The number of ether oxygens (including phenoxy) is 1. The zero-order chi connectivity index (χ0) is 22.9. The lowest BCUT2D eigenvalue weighted by atomic mass is 10.2. The molecule has 3 aromatic heterocycles. The number of hydrogen-bond donors (Lipinski definition) is 1. The Morgan fingerprint density at radius 3 is 2.45 bits per heavy atom. The highest BCUT2D eigenvalue weighted by molar-refractivity contribution is 7.13. The molecule has 33 heavy (non-hydrogen) atoms. The Morgan fingerprint density at radius 1 is 1.00 bits per heavy atom. The highest BCUT2D eigenvalue weighted by Gasteiger charge is 2.19. The van der Waals surface area contributed by atoms with Crippen LogP contribution >= 0.6 is 11.3 Å². The van der Waals surface area contributed by atoms with Gasteiger partial charge in [-0.1, -0.05) is 30.2 Å². The summed E-state index contributed by atoms with van der Waals surface area (Å²) in [5, 5.41) is 5.53. The van der Waals surface area contributed by atoms with Gasteiger partial charge in [-0.25, -0.2) is 4.98 Å². The van der Waals surface area contributed by atoms with Crippen molar-refractivity contribution in [3.05, 3.63) is 88.9 Å². The van der Waals surface area contributed by atoms with E-state index in [1.807, 2.05) is 35.7 Å². The van der Waals surface area contributed by atoms with E-state index < -0.39 is 0 Å². The second-order valence-corrected chi connectivity index (χ2v) is 8.84. The lowest BCUT2D eigenvalue weighted by Crippen LogP contribution is -2.00. The Labute approximate surface area is 197 Å². The minimum absolute atomic E-state index is 0.795. The first kappa shape index (κ1) is 20.9. The number of fused-ring (bicyclic) bond motifs is 2. The first-order valence-corrected chi connectivity index (χ1v) is 11.5. The Kier molecular flexibility index (Phi) is 5.37. The van der Waals surface area contributed by atoms with Crippen molar-refractivity contribution in [2.75, 3.05) is 12.4 Å². The molecule has 0 unspecified atom stereocenters. The molecule has 5 heteroatoms. The molecule has 4 aromatic rings. The number of benzene rings is 2. The van der Waals surface area contributed by atoms with E-state index in [0.29, 0.717) is 0 Å². The maximum atomic E-state index is 5.71.